The standard InChI is InChI=1S/C14H15N5O2/c1-9-16-14-15-7-11-12(19(14)17-9)4-5-18(13(11)20)8-10-3-2-6-21-10/h4-5,7,10H,2-3,6,8H2,1H3/t10-/m1/s1. The molecule has 0 amide bonds. The number of aromatic nitrogens is 5. The smallest absolute Gasteiger partial charge is 0.261 e. The van der Waals surface area contributed by atoms with E-state index in [-0.39, 0.29) is 11.7 Å². The lowest BCUT2D eigenvalue weighted by atomic mass is 10.2. The third-order valence-electron chi connectivity index (χ3n) is 3.84. The first-order valence-corrected chi connectivity index (χ1v) is 7.05. The number of nitrogens with zero attached hydrogens (tertiary/aromatic N) is 5. The van der Waals surface area contributed by atoms with Crippen LogP contribution >= 0.6 is 0 Å². The molecule has 3 aromatic rings. The first-order valence-electron chi connectivity index (χ1n) is 7.05. The lowest BCUT2D eigenvalue weighted by Crippen LogP contribution is -2.26. The average Bonchev–Trinajstić information content (AvgIpc) is 3.10. The van der Waals surface area contributed by atoms with Crippen molar-refractivity contribution < 1.29 is 4.74 Å². The third kappa shape index (κ3) is 2.01. The summed E-state index contributed by atoms with van der Waals surface area (Å²) in [6.45, 7) is 3.18. The Kier molecular flexibility index (Phi) is 2.75. The van der Waals surface area contributed by atoms with E-state index in [2.05, 4.69) is 15.1 Å². The van der Waals surface area contributed by atoms with Crippen LogP contribution in [-0.4, -0.2) is 36.9 Å². The van der Waals surface area contributed by atoms with E-state index in [4.69, 9.17) is 4.74 Å². The van der Waals surface area contributed by atoms with Crippen LogP contribution < -0.4 is 5.56 Å². The van der Waals surface area contributed by atoms with Crippen molar-refractivity contribution in [3.8, 4) is 0 Å². The van der Waals surface area contributed by atoms with E-state index in [1.54, 1.807) is 28.4 Å². The molecule has 1 aliphatic heterocycles. The Morgan fingerprint density at radius 2 is 2.38 bits per heavy atom. The van der Waals surface area contributed by atoms with E-state index in [9.17, 15) is 4.79 Å². The summed E-state index contributed by atoms with van der Waals surface area (Å²) < 4.78 is 8.90. The van der Waals surface area contributed by atoms with Crippen LogP contribution in [0.15, 0.2) is 23.3 Å². The molecule has 0 aromatic carbocycles. The van der Waals surface area contributed by atoms with E-state index >= 15 is 0 Å². The van der Waals surface area contributed by atoms with Gasteiger partial charge in [0.25, 0.3) is 11.3 Å². The second kappa shape index (κ2) is 4.63. The fourth-order valence-electron chi connectivity index (χ4n) is 2.81. The zero-order valence-corrected chi connectivity index (χ0v) is 11.7. The predicted molar refractivity (Wildman–Crippen MR) is 76.3 cm³/mol. The lowest BCUT2D eigenvalue weighted by Gasteiger charge is -2.12. The molecule has 0 aliphatic carbocycles. The van der Waals surface area contributed by atoms with Gasteiger partial charge in [-0.15, -0.1) is 5.10 Å². The summed E-state index contributed by atoms with van der Waals surface area (Å²) >= 11 is 0. The van der Waals surface area contributed by atoms with Gasteiger partial charge in [0.05, 0.1) is 23.6 Å². The Hall–Kier alpha value is -2.28. The van der Waals surface area contributed by atoms with Gasteiger partial charge < -0.3 is 9.30 Å². The van der Waals surface area contributed by atoms with Crippen molar-refractivity contribution in [1.29, 1.82) is 0 Å². The highest BCUT2D eigenvalue weighted by Crippen LogP contribution is 2.15. The highest BCUT2D eigenvalue weighted by Gasteiger charge is 2.17. The predicted octanol–water partition coefficient (Wildman–Crippen LogP) is 0.927. The first-order chi connectivity index (χ1) is 10.2. The second-order valence-electron chi connectivity index (χ2n) is 5.34. The summed E-state index contributed by atoms with van der Waals surface area (Å²) in [5, 5.41) is 4.83. The molecule has 1 atom stereocenters. The molecule has 7 nitrogen and oxygen atoms in total. The average molecular weight is 285 g/mol. The molecule has 1 saturated heterocycles. The molecule has 1 fully saturated rings. The molecule has 21 heavy (non-hydrogen) atoms. The third-order valence-corrected chi connectivity index (χ3v) is 3.84. The highest BCUT2D eigenvalue weighted by molar-refractivity contribution is 5.78. The maximum absolute atomic E-state index is 12.6. The number of hydrogen-bond acceptors (Lipinski definition) is 5. The molecular formula is C14H15N5O2. The minimum Gasteiger partial charge on any atom is -0.376 e. The number of hydrogen-bond donors (Lipinski definition) is 0. The van der Waals surface area contributed by atoms with Gasteiger partial charge in [0.2, 0.25) is 0 Å². The van der Waals surface area contributed by atoms with Crippen LogP contribution in [-0.2, 0) is 11.3 Å². The van der Waals surface area contributed by atoms with Crippen molar-refractivity contribution in [2.75, 3.05) is 6.61 Å². The summed E-state index contributed by atoms with van der Waals surface area (Å²) in [6.07, 6.45) is 5.57. The van der Waals surface area contributed by atoms with Crippen LogP contribution in [0.1, 0.15) is 18.7 Å². The molecule has 0 unspecified atom stereocenters. The molecule has 108 valence electrons. The summed E-state index contributed by atoms with van der Waals surface area (Å²) in [6, 6.07) is 1.88. The number of aryl methyl sites for hydroxylation is 1. The van der Waals surface area contributed by atoms with Crippen molar-refractivity contribution in [3.63, 3.8) is 0 Å². The monoisotopic (exact) mass is 285 g/mol. The van der Waals surface area contributed by atoms with E-state index < -0.39 is 0 Å². The van der Waals surface area contributed by atoms with Gasteiger partial charge in [0.1, 0.15) is 5.82 Å². The van der Waals surface area contributed by atoms with Gasteiger partial charge in [0.15, 0.2) is 0 Å². The summed E-state index contributed by atoms with van der Waals surface area (Å²) in [5.74, 6) is 1.15. The normalized spacial score (nSPS) is 18.8. The molecule has 4 heterocycles. The van der Waals surface area contributed by atoms with Gasteiger partial charge in [-0.3, -0.25) is 4.79 Å². The van der Waals surface area contributed by atoms with Gasteiger partial charge in [-0.2, -0.15) is 9.50 Å². The minimum atomic E-state index is -0.0643. The van der Waals surface area contributed by atoms with Crippen LogP contribution in [0.2, 0.25) is 0 Å². The number of fused-ring (bicyclic) bond motifs is 3. The molecule has 0 N–H and O–H groups in total. The first kappa shape index (κ1) is 12.5. The van der Waals surface area contributed by atoms with E-state index in [0.717, 1.165) is 25.0 Å². The van der Waals surface area contributed by atoms with E-state index in [0.29, 0.717) is 23.5 Å². The minimum absolute atomic E-state index is 0.0643. The summed E-state index contributed by atoms with van der Waals surface area (Å²) in [5.41, 5.74) is 0.666. The summed E-state index contributed by atoms with van der Waals surface area (Å²) in [4.78, 5) is 21.0. The SMILES string of the molecule is Cc1nc2ncc3c(=O)n(C[C@H]4CCCO4)ccc3n2n1. The quantitative estimate of drug-likeness (QED) is 0.700. The molecule has 0 bridgehead atoms. The van der Waals surface area contributed by atoms with Gasteiger partial charge >= 0.3 is 0 Å². The molecule has 0 spiro atoms. The fraction of sp³-hybridized carbons (Fsp3) is 0.429. The van der Waals surface area contributed by atoms with Crippen LogP contribution in [0.25, 0.3) is 16.7 Å². The van der Waals surface area contributed by atoms with Crippen LogP contribution in [0.4, 0.5) is 0 Å². The lowest BCUT2D eigenvalue weighted by molar-refractivity contribution is 0.0963. The van der Waals surface area contributed by atoms with Crippen LogP contribution in [0.5, 0.6) is 0 Å². The summed E-state index contributed by atoms with van der Waals surface area (Å²) in [7, 11) is 0. The number of pyridine rings is 1. The largest absolute Gasteiger partial charge is 0.376 e. The van der Waals surface area contributed by atoms with E-state index in [1.807, 2.05) is 6.07 Å². The van der Waals surface area contributed by atoms with Gasteiger partial charge in [0, 0.05) is 19.0 Å². The van der Waals surface area contributed by atoms with Crippen LogP contribution in [0.3, 0.4) is 0 Å². The van der Waals surface area contributed by atoms with Gasteiger partial charge in [-0.1, -0.05) is 0 Å². The molecule has 0 radical (unpaired) electrons. The second-order valence-corrected chi connectivity index (χ2v) is 5.34. The Morgan fingerprint density at radius 1 is 1.48 bits per heavy atom. The zero-order valence-electron chi connectivity index (χ0n) is 11.7. The Bertz CT molecular complexity index is 876. The molecule has 4 rings (SSSR count). The number of rotatable bonds is 2. The van der Waals surface area contributed by atoms with Crippen LogP contribution in [0, 0.1) is 6.92 Å². The van der Waals surface area contributed by atoms with Crippen molar-refractivity contribution in [2.45, 2.75) is 32.4 Å². The van der Waals surface area contributed by atoms with Gasteiger partial charge in [-0.05, 0) is 25.8 Å². The Morgan fingerprint density at radius 3 is 3.19 bits per heavy atom. The Balaban J connectivity index is 1.86. The van der Waals surface area contributed by atoms with E-state index in [1.165, 1.54) is 0 Å². The molecule has 0 saturated carbocycles. The molecule has 1 aliphatic rings. The maximum atomic E-state index is 12.6. The topological polar surface area (TPSA) is 74.3 Å². The molecule has 3 aromatic heterocycles. The Labute approximate surface area is 120 Å². The molecular weight excluding hydrogens is 270 g/mol. The van der Waals surface area contributed by atoms with Crippen molar-refractivity contribution in [2.24, 2.45) is 0 Å². The number of ether oxygens (including phenoxy) is 1. The maximum Gasteiger partial charge on any atom is 0.261 e. The fourth-order valence-corrected chi connectivity index (χ4v) is 2.81. The van der Waals surface area contributed by atoms with Gasteiger partial charge in [-0.25, -0.2) is 4.98 Å². The van der Waals surface area contributed by atoms with Crippen molar-refractivity contribution in [3.05, 3.63) is 34.6 Å². The highest BCUT2D eigenvalue weighted by atomic mass is 16.5. The van der Waals surface area contributed by atoms with Crippen molar-refractivity contribution >= 4 is 16.7 Å². The zero-order chi connectivity index (χ0) is 14.4. The molecule has 7 heteroatoms. The van der Waals surface area contributed by atoms with Crippen molar-refractivity contribution in [1.82, 2.24) is 24.1 Å².